The van der Waals surface area contributed by atoms with Gasteiger partial charge in [-0.2, -0.15) is 5.26 Å². The molecule has 0 aromatic rings. The third kappa shape index (κ3) is 6.81. The lowest BCUT2D eigenvalue weighted by molar-refractivity contribution is -0.128. The second-order valence-corrected chi connectivity index (χ2v) is 4.41. The van der Waals surface area contributed by atoms with Crippen LogP contribution >= 0.6 is 0 Å². The highest BCUT2D eigenvalue weighted by Crippen LogP contribution is 2.15. The summed E-state index contributed by atoms with van der Waals surface area (Å²) in [6, 6.07) is 1.98. The van der Waals surface area contributed by atoms with Gasteiger partial charge in [-0.05, 0) is 19.3 Å². The Hall–Kier alpha value is -0.590. The van der Waals surface area contributed by atoms with Gasteiger partial charge in [-0.1, -0.05) is 39.5 Å². The van der Waals surface area contributed by atoms with Crippen LogP contribution in [0.3, 0.4) is 0 Å². The van der Waals surface area contributed by atoms with Gasteiger partial charge in [0.15, 0.2) is 6.29 Å². The summed E-state index contributed by atoms with van der Waals surface area (Å²) in [4.78, 5) is 0. The SMILES string of the molecule is CCCCCC(CC)COC(O)C(C)C#N. The molecule has 0 bridgehead atoms. The Labute approximate surface area is 99.4 Å². The summed E-state index contributed by atoms with van der Waals surface area (Å²) in [6.45, 7) is 6.56. The Morgan fingerprint density at radius 2 is 2.00 bits per heavy atom. The topological polar surface area (TPSA) is 53.2 Å². The zero-order chi connectivity index (χ0) is 12.4. The van der Waals surface area contributed by atoms with Gasteiger partial charge in [0.05, 0.1) is 18.6 Å². The van der Waals surface area contributed by atoms with E-state index in [-0.39, 0.29) is 0 Å². The molecule has 3 atom stereocenters. The average molecular weight is 227 g/mol. The molecule has 0 amide bonds. The van der Waals surface area contributed by atoms with Crippen LogP contribution in [0.25, 0.3) is 0 Å². The zero-order valence-electron chi connectivity index (χ0n) is 10.8. The van der Waals surface area contributed by atoms with E-state index in [9.17, 15) is 5.11 Å². The fourth-order valence-electron chi connectivity index (χ4n) is 1.53. The van der Waals surface area contributed by atoms with Crippen LogP contribution in [0, 0.1) is 23.2 Å². The summed E-state index contributed by atoms with van der Waals surface area (Å²) < 4.78 is 5.31. The predicted octanol–water partition coefficient (Wildman–Crippen LogP) is 3.09. The lowest BCUT2D eigenvalue weighted by Crippen LogP contribution is -2.23. The highest BCUT2D eigenvalue weighted by Gasteiger charge is 2.15. The van der Waals surface area contributed by atoms with Crippen LogP contribution in [-0.2, 0) is 4.74 Å². The summed E-state index contributed by atoms with van der Waals surface area (Å²) in [7, 11) is 0. The number of hydrogen-bond donors (Lipinski definition) is 1. The Morgan fingerprint density at radius 3 is 2.50 bits per heavy atom. The smallest absolute Gasteiger partial charge is 0.170 e. The molecule has 94 valence electrons. The fraction of sp³-hybridized carbons (Fsp3) is 0.923. The van der Waals surface area contributed by atoms with Crippen LogP contribution in [0.4, 0.5) is 0 Å². The third-order valence-corrected chi connectivity index (χ3v) is 2.93. The molecule has 0 aliphatic heterocycles. The van der Waals surface area contributed by atoms with Crippen molar-refractivity contribution in [1.29, 1.82) is 5.26 Å². The van der Waals surface area contributed by atoms with Crippen molar-refractivity contribution in [2.24, 2.45) is 11.8 Å². The highest BCUT2D eigenvalue weighted by atomic mass is 16.6. The van der Waals surface area contributed by atoms with Gasteiger partial charge in [-0.3, -0.25) is 0 Å². The van der Waals surface area contributed by atoms with Gasteiger partial charge in [0, 0.05) is 0 Å². The lowest BCUT2D eigenvalue weighted by Gasteiger charge is -2.19. The largest absolute Gasteiger partial charge is 0.367 e. The van der Waals surface area contributed by atoms with Gasteiger partial charge in [0.1, 0.15) is 0 Å². The first-order valence-electron chi connectivity index (χ1n) is 6.34. The van der Waals surface area contributed by atoms with E-state index >= 15 is 0 Å². The van der Waals surface area contributed by atoms with Crippen molar-refractivity contribution < 1.29 is 9.84 Å². The molecule has 0 radical (unpaired) electrons. The molecule has 0 spiro atoms. The molecule has 0 aromatic heterocycles. The first kappa shape index (κ1) is 15.4. The van der Waals surface area contributed by atoms with Crippen molar-refractivity contribution in [2.75, 3.05) is 6.61 Å². The van der Waals surface area contributed by atoms with Crippen LogP contribution in [0.5, 0.6) is 0 Å². The van der Waals surface area contributed by atoms with E-state index in [0.717, 1.165) is 12.8 Å². The molecule has 0 heterocycles. The number of hydrogen-bond acceptors (Lipinski definition) is 3. The lowest BCUT2D eigenvalue weighted by atomic mass is 9.99. The van der Waals surface area contributed by atoms with Gasteiger partial charge in [-0.15, -0.1) is 0 Å². The fourth-order valence-corrected chi connectivity index (χ4v) is 1.53. The third-order valence-electron chi connectivity index (χ3n) is 2.93. The molecule has 1 N–H and O–H groups in total. The van der Waals surface area contributed by atoms with E-state index in [1.807, 2.05) is 6.07 Å². The van der Waals surface area contributed by atoms with E-state index in [1.165, 1.54) is 19.3 Å². The Kier molecular flexibility index (Phi) is 9.27. The number of ether oxygens (including phenoxy) is 1. The summed E-state index contributed by atoms with van der Waals surface area (Å²) in [6.07, 6.45) is 4.99. The van der Waals surface area contributed by atoms with Crippen molar-refractivity contribution >= 4 is 0 Å². The second-order valence-electron chi connectivity index (χ2n) is 4.41. The molecule has 0 fully saturated rings. The zero-order valence-corrected chi connectivity index (χ0v) is 10.8. The van der Waals surface area contributed by atoms with E-state index in [1.54, 1.807) is 6.92 Å². The van der Waals surface area contributed by atoms with Crippen LogP contribution in [0.15, 0.2) is 0 Å². The maximum absolute atomic E-state index is 9.49. The monoisotopic (exact) mass is 227 g/mol. The van der Waals surface area contributed by atoms with Gasteiger partial charge >= 0.3 is 0 Å². The number of aliphatic hydroxyl groups excluding tert-OH is 1. The predicted molar refractivity (Wildman–Crippen MR) is 64.7 cm³/mol. The van der Waals surface area contributed by atoms with Gasteiger partial charge < -0.3 is 9.84 Å². The van der Waals surface area contributed by atoms with Crippen molar-refractivity contribution in [2.45, 2.75) is 59.2 Å². The molecule has 0 aliphatic carbocycles. The maximum Gasteiger partial charge on any atom is 0.170 e. The van der Waals surface area contributed by atoms with Gasteiger partial charge in [0.25, 0.3) is 0 Å². The Morgan fingerprint density at radius 1 is 1.31 bits per heavy atom. The normalized spacial score (nSPS) is 16.4. The standard InChI is InChI=1S/C13H25NO2/c1-4-6-7-8-12(5-2)10-16-13(15)11(3)9-14/h11-13,15H,4-8,10H2,1-3H3. The molecule has 0 saturated carbocycles. The molecule has 16 heavy (non-hydrogen) atoms. The van der Waals surface area contributed by atoms with Crippen LogP contribution < -0.4 is 0 Å². The van der Waals surface area contributed by atoms with Gasteiger partial charge in [0.2, 0.25) is 0 Å². The van der Waals surface area contributed by atoms with E-state index < -0.39 is 12.2 Å². The molecule has 0 aliphatic rings. The molecule has 0 rings (SSSR count). The maximum atomic E-state index is 9.49. The van der Waals surface area contributed by atoms with Crippen molar-refractivity contribution in [3.05, 3.63) is 0 Å². The van der Waals surface area contributed by atoms with Crippen molar-refractivity contribution in [3.63, 3.8) is 0 Å². The molecule has 3 heteroatoms. The van der Waals surface area contributed by atoms with E-state index in [4.69, 9.17) is 10.00 Å². The van der Waals surface area contributed by atoms with Crippen LogP contribution in [0.1, 0.15) is 52.9 Å². The molecule has 0 saturated heterocycles. The Balaban J connectivity index is 3.73. The number of nitriles is 1. The van der Waals surface area contributed by atoms with Crippen LogP contribution in [-0.4, -0.2) is 18.0 Å². The minimum absolute atomic E-state index is 0.451. The van der Waals surface area contributed by atoms with Gasteiger partial charge in [-0.25, -0.2) is 0 Å². The molecule has 3 unspecified atom stereocenters. The second kappa shape index (κ2) is 9.62. The van der Waals surface area contributed by atoms with E-state index in [2.05, 4.69) is 13.8 Å². The summed E-state index contributed by atoms with van der Waals surface area (Å²) in [5.74, 6) is 0.0558. The minimum atomic E-state index is -0.940. The molecular formula is C13H25NO2. The first-order chi connectivity index (χ1) is 7.65. The molecule has 0 aromatic carbocycles. The highest BCUT2D eigenvalue weighted by molar-refractivity contribution is 4.80. The van der Waals surface area contributed by atoms with Crippen LogP contribution in [0.2, 0.25) is 0 Å². The number of unbranched alkanes of at least 4 members (excludes halogenated alkanes) is 2. The molecule has 3 nitrogen and oxygen atoms in total. The van der Waals surface area contributed by atoms with E-state index in [0.29, 0.717) is 12.5 Å². The summed E-state index contributed by atoms with van der Waals surface area (Å²) in [5, 5.41) is 18.1. The Bertz CT molecular complexity index is 201. The average Bonchev–Trinajstić information content (AvgIpc) is 2.32. The minimum Gasteiger partial charge on any atom is -0.367 e. The number of aliphatic hydroxyl groups is 1. The summed E-state index contributed by atoms with van der Waals surface area (Å²) in [5.41, 5.74) is 0. The van der Waals surface area contributed by atoms with Crippen molar-refractivity contribution in [1.82, 2.24) is 0 Å². The number of rotatable bonds is 9. The first-order valence-corrected chi connectivity index (χ1v) is 6.34. The van der Waals surface area contributed by atoms with Crippen molar-refractivity contribution in [3.8, 4) is 6.07 Å². The molecular weight excluding hydrogens is 202 g/mol. The quantitative estimate of drug-likeness (QED) is 0.486. The number of nitrogens with zero attached hydrogens (tertiary/aromatic N) is 1. The summed E-state index contributed by atoms with van der Waals surface area (Å²) >= 11 is 0.